The Balaban J connectivity index is 1.46. The van der Waals surface area contributed by atoms with Crippen LogP contribution in [0, 0.1) is 0 Å². The highest BCUT2D eigenvalue weighted by atomic mass is 32.2. The third-order valence-electron chi connectivity index (χ3n) is 5.11. The highest BCUT2D eigenvalue weighted by Crippen LogP contribution is 2.31. The van der Waals surface area contributed by atoms with Crippen LogP contribution in [-0.4, -0.2) is 25.9 Å². The number of hydrogen-bond acceptors (Lipinski definition) is 5. The summed E-state index contributed by atoms with van der Waals surface area (Å²) in [5.41, 5.74) is 2.59. The average molecular weight is 397 g/mol. The molecule has 1 aliphatic carbocycles. The number of benzene rings is 1. The zero-order valence-corrected chi connectivity index (χ0v) is 16.9. The molecule has 0 fully saturated rings. The van der Waals surface area contributed by atoms with Crippen molar-refractivity contribution in [3.05, 3.63) is 53.8 Å². The first-order valence-electron chi connectivity index (χ1n) is 9.69. The predicted octanol–water partition coefficient (Wildman–Crippen LogP) is 4.23. The molecule has 0 unspecified atom stereocenters. The molecule has 28 heavy (non-hydrogen) atoms. The second kappa shape index (κ2) is 8.22. The van der Waals surface area contributed by atoms with E-state index in [1.54, 1.807) is 6.26 Å². The summed E-state index contributed by atoms with van der Waals surface area (Å²) >= 11 is 1.43. The molecule has 7 heteroatoms. The molecular weight excluding hydrogens is 372 g/mol. The average Bonchev–Trinajstić information content (AvgIpc) is 3.37. The number of furan rings is 1. The van der Waals surface area contributed by atoms with E-state index in [0.717, 1.165) is 24.4 Å². The van der Waals surface area contributed by atoms with Crippen molar-refractivity contribution in [3.63, 3.8) is 0 Å². The number of amides is 1. The maximum atomic E-state index is 12.9. The molecule has 1 N–H and O–H groups in total. The van der Waals surface area contributed by atoms with Gasteiger partial charge in [-0.25, -0.2) is 0 Å². The summed E-state index contributed by atoms with van der Waals surface area (Å²) in [7, 11) is 0. The number of nitrogens with one attached hydrogen (secondary N) is 1. The van der Waals surface area contributed by atoms with E-state index in [1.165, 1.54) is 22.9 Å². The molecule has 0 aliphatic heterocycles. The minimum atomic E-state index is -0.270. The monoisotopic (exact) mass is 396 g/mol. The number of carbonyl (C=O) groups excluding carboxylic acids is 1. The highest BCUT2D eigenvalue weighted by molar-refractivity contribution is 8.00. The molecule has 0 spiro atoms. The van der Waals surface area contributed by atoms with Gasteiger partial charge < -0.3 is 9.73 Å². The largest absolute Gasteiger partial charge is 0.461 e. The molecule has 0 radical (unpaired) electrons. The number of hydrogen-bond donors (Lipinski definition) is 1. The van der Waals surface area contributed by atoms with Crippen molar-refractivity contribution >= 4 is 17.7 Å². The van der Waals surface area contributed by atoms with E-state index >= 15 is 0 Å². The van der Waals surface area contributed by atoms with Gasteiger partial charge in [0.15, 0.2) is 16.7 Å². The van der Waals surface area contributed by atoms with Gasteiger partial charge in [0.25, 0.3) is 0 Å². The first-order valence-corrected chi connectivity index (χ1v) is 10.6. The van der Waals surface area contributed by atoms with Crippen LogP contribution in [0.15, 0.2) is 52.2 Å². The van der Waals surface area contributed by atoms with E-state index in [9.17, 15) is 4.79 Å². The molecule has 1 aromatic carbocycles. The van der Waals surface area contributed by atoms with Crippen LogP contribution < -0.4 is 5.32 Å². The quantitative estimate of drug-likeness (QED) is 0.631. The van der Waals surface area contributed by atoms with Gasteiger partial charge in [0.05, 0.1) is 17.6 Å². The van der Waals surface area contributed by atoms with Gasteiger partial charge in [0, 0.05) is 6.54 Å². The zero-order valence-electron chi connectivity index (χ0n) is 16.1. The minimum Gasteiger partial charge on any atom is -0.461 e. The van der Waals surface area contributed by atoms with Crippen LogP contribution in [0.1, 0.15) is 43.9 Å². The standard InChI is InChI=1S/C21H24N4O2S/c1-3-25-19(18-12-7-13-27-18)23-24-21(25)28-14(2)20(26)22-17-11-6-9-15-8-4-5-10-16(15)17/h4-5,7-8,10,12-14,17H,3,6,9,11H2,1-2H3,(H,22,26)/t14-,17+/m0/s1. The lowest BCUT2D eigenvalue weighted by Crippen LogP contribution is -2.36. The number of nitrogens with zero attached hydrogens (tertiary/aromatic N) is 3. The first kappa shape index (κ1) is 18.8. The predicted molar refractivity (Wildman–Crippen MR) is 109 cm³/mol. The second-order valence-electron chi connectivity index (χ2n) is 6.94. The summed E-state index contributed by atoms with van der Waals surface area (Å²) in [6, 6.07) is 12.2. The SMILES string of the molecule is CCn1c(S[C@@H](C)C(=O)N[C@@H]2CCCc3ccccc32)nnc1-c1ccco1. The van der Waals surface area contributed by atoms with Gasteiger partial charge >= 0.3 is 0 Å². The van der Waals surface area contributed by atoms with Crippen molar-refractivity contribution in [2.75, 3.05) is 0 Å². The molecule has 2 aromatic heterocycles. The fourth-order valence-electron chi connectivity index (χ4n) is 3.65. The smallest absolute Gasteiger partial charge is 0.233 e. The lowest BCUT2D eigenvalue weighted by Gasteiger charge is -2.27. The van der Waals surface area contributed by atoms with Gasteiger partial charge in [-0.15, -0.1) is 10.2 Å². The second-order valence-corrected chi connectivity index (χ2v) is 8.25. The van der Waals surface area contributed by atoms with E-state index in [4.69, 9.17) is 4.42 Å². The van der Waals surface area contributed by atoms with Gasteiger partial charge in [-0.2, -0.15) is 0 Å². The Kier molecular flexibility index (Phi) is 5.52. The van der Waals surface area contributed by atoms with Crippen LogP contribution in [0.3, 0.4) is 0 Å². The number of aryl methyl sites for hydroxylation is 1. The fourth-order valence-corrected chi connectivity index (χ4v) is 4.58. The molecule has 2 atom stereocenters. The summed E-state index contributed by atoms with van der Waals surface area (Å²) in [6.45, 7) is 4.65. The van der Waals surface area contributed by atoms with Crippen LogP contribution in [0.25, 0.3) is 11.6 Å². The number of aromatic nitrogens is 3. The van der Waals surface area contributed by atoms with Gasteiger partial charge in [0.1, 0.15) is 0 Å². The zero-order chi connectivity index (χ0) is 19.5. The van der Waals surface area contributed by atoms with Crippen LogP contribution in [0.4, 0.5) is 0 Å². The Morgan fingerprint density at radius 3 is 2.96 bits per heavy atom. The van der Waals surface area contributed by atoms with E-state index in [-0.39, 0.29) is 17.2 Å². The lowest BCUT2D eigenvalue weighted by atomic mass is 9.88. The normalized spacial score (nSPS) is 17.1. The Labute approximate surface area is 168 Å². The molecule has 0 saturated heterocycles. The van der Waals surface area contributed by atoms with Crippen LogP contribution in [0.2, 0.25) is 0 Å². The molecule has 1 aliphatic rings. The highest BCUT2D eigenvalue weighted by Gasteiger charge is 2.26. The molecule has 0 saturated carbocycles. The van der Waals surface area contributed by atoms with Crippen molar-refractivity contribution in [1.82, 2.24) is 20.1 Å². The van der Waals surface area contributed by atoms with E-state index < -0.39 is 0 Å². The van der Waals surface area contributed by atoms with Crippen molar-refractivity contribution in [2.45, 2.75) is 56.1 Å². The molecule has 0 bridgehead atoms. The van der Waals surface area contributed by atoms with Gasteiger partial charge in [-0.1, -0.05) is 36.0 Å². The van der Waals surface area contributed by atoms with Gasteiger partial charge in [0.2, 0.25) is 5.91 Å². The summed E-state index contributed by atoms with van der Waals surface area (Å²) in [4.78, 5) is 12.9. The van der Waals surface area contributed by atoms with E-state index in [1.807, 2.05) is 36.6 Å². The van der Waals surface area contributed by atoms with Crippen LogP contribution in [-0.2, 0) is 17.8 Å². The molecule has 1 amide bonds. The van der Waals surface area contributed by atoms with Crippen molar-refractivity contribution in [2.24, 2.45) is 0 Å². The summed E-state index contributed by atoms with van der Waals surface area (Å²) < 4.78 is 7.43. The molecule has 3 aromatic rings. The Bertz CT molecular complexity index is 951. The Morgan fingerprint density at radius 1 is 1.32 bits per heavy atom. The lowest BCUT2D eigenvalue weighted by molar-refractivity contribution is -0.121. The number of thioether (sulfide) groups is 1. The molecule has 146 valence electrons. The number of fused-ring (bicyclic) bond motifs is 1. The number of rotatable bonds is 6. The molecule has 6 nitrogen and oxygen atoms in total. The van der Waals surface area contributed by atoms with Gasteiger partial charge in [-0.3, -0.25) is 9.36 Å². The van der Waals surface area contributed by atoms with Gasteiger partial charge in [-0.05, 0) is 56.4 Å². The minimum absolute atomic E-state index is 0.0249. The van der Waals surface area contributed by atoms with E-state index in [2.05, 4.69) is 33.7 Å². The molecular formula is C21H24N4O2S. The van der Waals surface area contributed by atoms with Crippen molar-refractivity contribution in [1.29, 1.82) is 0 Å². The Hall–Kier alpha value is -2.54. The first-order chi connectivity index (χ1) is 13.7. The van der Waals surface area contributed by atoms with Crippen molar-refractivity contribution in [3.8, 4) is 11.6 Å². The fraction of sp³-hybridized carbons (Fsp3) is 0.381. The third-order valence-corrected chi connectivity index (χ3v) is 6.19. The third kappa shape index (κ3) is 3.71. The topological polar surface area (TPSA) is 73.0 Å². The molecule has 4 rings (SSSR count). The molecule has 2 heterocycles. The summed E-state index contributed by atoms with van der Waals surface area (Å²) in [6.07, 6.45) is 4.78. The Morgan fingerprint density at radius 2 is 2.18 bits per heavy atom. The summed E-state index contributed by atoms with van der Waals surface area (Å²) in [5, 5.41) is 12.2. The number of carbonyl (C=O) groups is 1. The van der Waals surface area contributed by atoms with Crippen LogP contribution >= 0.6 is 11.8 Å². The summed E-state index contributed by atoms with van der Waals surface area (Å²) in [5.74, 6) is 1.39. The van der Waals surface area contributed by atoms with Crippen molar-refractivity contribution < 1.29 is 9.21 Å². The maximum absolute atomic E-state index is 12.9. The van der Waals surface area contributed by atoms with Crippen LogP contribution in [0.5, 0.6) is 0 Å². The van der Waals surface area contributed by atoms with E-state index in [0.29, 0.717) is 18.1 Å². The maximum Gasteiger partial charge on any atom is 0.233 e.